The summed E-state index contributed by atoms with van der Waals surface area (Å²) in [7, 11) is 6.00. The number of carbonyl (C=O) groups is 3. The summed E-state index contributed by atoms with van der Waals surface area (Å²) in [6.07, 6.45) is 70.8. The van der Waals surface area contributed by atoms with Crippen LogP contribution in [0.3, 0.4) is 0 Å². The number of carboxylic acid groups (broad SMARTS) is 1. The third-order valence-electron chi connectivity index (χ3n) is 16.4. The number of rotatable bonds is 67. The summed E-state index contributed by atoms with van der Waals surface area (Å²) in [6.45, 7) is 4.97. The van der Waals surface area contributed by atoms with Crippen LogP contribution in [0.1, 0.15) is 373 Å². The zero-order valence-corrected chi connectivity index (χ0v) is 53.8. The first-order valence-electron chi connectivity index (χ1n) is 35.2. The topological polar surface area (TPSA) is 108 Å². The molecule has 0 fully saturated rings. The first-order chi connectivity index (χ1) is 38.6. The maximum Gasteiger partial charge on any atom is 0.361 e. The van der Waals surface area contributed by atoms with Crippen LogP contribution < -0.4 is 0 Å². The van der Waals surface area contributed by atoms with E-state index in [2.05, 4.69) is 13.8 Å². The molecule has 1 N–H and O–H groups in total. The number of nitrogens with zero attached hydrogens (tertiary/aromatic N) is 1. The minimum Gasteiger partial charge on any atom is -0.477 e. The van der Waals surface area contributed by atoms with Gasteiger partial charge in [-0.15, -0.1) is 0 Å². The fraction of sp³-hybridized carbons (Fsp3) is 0.957. The van der Waals surface area contributed by atoms with Gasteiger partial charge in [-0.2, -0.15) is 0 Å². The molecule has 0 radical (unpaired) electrons. The van der Waals surface area contributed by atoms with Crippen LogP contribution in [0.25, 0.3) is 0 Å². The summed E-state index contributed by atoms with van der Waals surface area (Å²) >= 11 is 0. The molecule has 9 heteroatoms. The number of ether oxygens (including phenoxy) is 4. The average molecular weight is 1120 g/mol. The van der Waals surface area contributed by atoms with Gasteiger partial charge < -0.3 is 28.5 Å². The van der Waals surface area contributed by atoms with Crippen molar-refractivity contribution in [1.29, 1.82) is 0 Å². The summed E-state index contributed by atoms with van der Waals surface area (Å²) in [5, 5.41) is 9.74. The van der Waals surface area contributed by atoms with Crippen LogP contribution in [0.2, 0.25) is 0 Å². The summed E-state index contributed by atoms with van der Waals surface area (Å²) in [5.41, 5.74) is 0. The van der Waals surface area contributed by atoms with Crippen LogP contribution in [-0.2, 0) is 33.3 Å². The van der Waals surface area contributed by atoms with E-state index in [1.54, 1.807) is 0 Å². The summed E-state index contributed by atoms with van der Waals surface area (Å²) in [5.74, 6) is -1.97. The van der Waals surface area contributed by atoms with E-state index in [0.717, 1.165) is 38.5 Å². The van der Waals surface area contributed by atoms with E-state index in [1.165, 1.54) is 308 Å². The SMILES string of the molecule is CCCCCCCCCCCCCCCCCCCCCCCCCCCCCCCCC(=O)OC(COC(=O)CCCCCCCCCCCCCCCCCCCCCCCCCC)COC(OCC[N+](C)(C)C)C(=O)O. The van der Waals surface area contributed by atoms with Crippen molar-refractivity contribution in [3.63, 3.8) is 0 Å². The van der Waals surface area contributed by atoms with E-state index < -0.39 is 18.4 Å². The lowest BCUT2D eigenvalue weighted by molar-refractivity contribution is -0.870. The quantitative estimate of drug-likeness (QED) is 0.0278. The Morgan fingerprint density at radius 3 is 0.810 bits per heavy atom. The molecule has 0 aliphatic carbocycles. The molecule has 0 heterocycles. The fourth-order valence-electron chi connectivity index (χ4n) is 11.0. The van der Waals surface area contributed by atoms with E-state index in [1.807, 2.05) is 21.1 Å². The minimum atomic E-state index is -1.50. The van der Waals surface area contributed by atoms with Crippen molar-refractivity contribution >= 4 is 17.9 Å². The molecule has 2 atom stereocenters. The lowest BCUT2D eigenvalue weighted by atomic mass is 10.0. The molecular formula is C70H138NO8+. The second kappa shape index (κ2) is 62.3. The normalized spacial score (nSPS) is 12.6. The second-order valence-corrected chi connectivity index (χ2v) is 25.6. The number of aliphatic carboxylic acids is 1. The second-order valence-electron chi connectivity index (χ2n) is 25.6. The van der Waals surface area contributed by atoms with Gasteiger partial charge in [-0.25, -0.2) is 4.79 Å². The van der Waals surface area contributed by atoms with Gasteiger partial charge in [0.15, 0.2) is 6.10 Å². The molecule has 0 aromatic rings. The van der Waals surface area contributed by atoms with Gasteiger partial charge in [0.1, 0.15) is 13.2 Å². The third-order valence-corrected chi connectivity index (χ3v) is 16.4. The van der Waals surface area contributed by atoms with E-state index in [-0.39, 0.29) is 38.2 Å². The number of unbranched alkanes of at least 4 members (excludes halogenated alkanes) is 52. The molecule has 0 amide bonds. The van der Waals surface area contributed by atoms with Crippen LogP contribution in [0, 0.1) is 0 Å². The Morgan fingerprint density at radius 2 is 0.570 bits per heavy atom. The molecule has 2 unspecified atom stereocenters. The Labute approximate surface area is 492 Å². The lowest BCUT2D eigenvalue weighted by Crippen LogP contribution is -2.40. The average Bonchev–Trinajstić information content (AvgIpc) is 3.42. The van der Waals surface area contributed by atoms with Gasteiger partial charge in [-0.05, 0) is 12.8 Å². The highest BCUT2D eigenvalue weighted by molar-refractivity contribution is 5.71. The maximum absolute atomic E-state index is 12.9. The van der Waals surface area contributed by atoms with Gasteiger partial charge in [0.05, 0.1) is 34.4 Å². The van der Waals surface area contributed by atoms with Gasteiger partial charge in [-0.3, -0.25) is 9.59 Å². The van der Waals surface area contributed by atoms with Crippen LogP contribution in [0.15, 0.2) is 0 Å². The van der Waals surface area contributed by atoms with Gasteiger partial charge in [0.2, 0.25) is 0 Å². The highest BCUT2D eigenvalue weighted by Crippen LogP contribution is 2.20. The predicted molar refractivity (Wildman–Crippen MR) is 337 cm³/mol. The summed E-state index contributed by atoms with van der Waals surface area (Å²) < 4.78 is 23.0. The number of carboxylic acids is 1. The highest BCUT2D eigenvalue weighted by Gasteiger charge is 2.25. The van der Waals surface area contributed by atoms with Crippen molar-refractivity contribution in [2.24, 2.45) is 0 Å². The minimum absolute atomic E-state index is 0.172. The molecule has 0 bridgehead atoms. The van der Waals surface area contributed by atoms with E-state index in [0.29, 0.717) is 17.4 Å². The van der Waals surface area contributed by atoms with Crippen LogP contribution in [0.5, 0.6) is 0 Å². The molecule has 79 heavy (non-hydrogen) atoms. The summed E-state index contributed by atoms with van der Waals surface area (Å²) in [4.78, 5) is 37.6. The Kier molecular flexibility index (Phi) is 61.0. The third kappa shape index (κ3) is 63.7. The Morgan fingerprint density at radius 1 is 0.329 bits per heavy atom. The predicted octanol–water partition coefficient (Wildman–Crippen LogP) is 21.5. The first kappa shape index (κ1) is 77.3. The molecule has 0 aliphatic heterocycles. The number of likely N-dealkylation sites (N-methyl/N-ethyl adjacent to an activating group) is 1. The Balaban J connectivity index is 4.04. The number of hydrogen-bond donors (Lipinski definition) is 1. The molecule has 0 rings (SSSR count). The van der Waals surface area contributed by atoms with Crippen molar-refractivity contribution in [2.75, 3.05) is 47.5 Å². The van der Waals surface area contributed by atoms with Gasteiger partial charge in [0.25, 0.3) is 6.29 Å². The van der Waals surface area contributed by atoms with Crippen LogP contribution >= 0.6 is 0 Å². The molecule has 0 saturated heterocycles. The molecule has 470 valence electrons. The standard InChI is InChI=1S/C70H137NO8/c1-6-8-10-12-14-16-18-20-22-24-26-28-30-32-33-34-35-36-37-39-41-43-45-47-49-51-53-55-57-59-61-68(73)79-66(65-78-70(69(74)75)76-63-62-71(3,4)5)64-77-67(72)60-58-56-54-52-50-48-46-44-42-40-38-31-29-27-25-23-21-19-17-15-13-11-9-7-2/h66,70H,6-65H2,1-5H3/p+1. The number of carbonyl (C=O) groups excluding carboxylic acids is 2. The lowest BCUT2D eigenvalue weighted by Gasteiger charge is -2.25. The zero-order chi connectivity index (χ0) is 57.6. The zero-order valence-electron chi connectivity index (χ0n) is 53.8. The number of esters is 2. The van der Waals surface area contributed by atoms with Gasteiger partial charge in [-0.1, -0.05) is 348 Å². The highest BCUT2D eigenvalue weighted by atomic mass is 16.7. The fourth-order valence-corrected chi connectivity index (χ4v) is 11.0. The molecule has 0 saturated carbocycles. The molecule has 0 aliphatic rings. The Bertz CT molecular complexity index is 1260. The van der Waals surface area contributed by atoms with E-state index in [4.69, 9.17) is 18.9 Å². The van der Waals surface area contributed by atoms with E-state index >= 15 is 0 Å². The van der Waals surface area contributed by atoms with Crippen molar-refractivity contribution in [3.8, 4) is 0 Å². The summed E-state index contributed by atoms with van der Waals surface area (Å²) in [6, 6.07) is 0. The van der Waals surface area contributed by atoms with Crippen molar-refractivity contribution in [2.45, 2.75) is 386 Å². The molecule has 0 spiro atoms. The first-order valence-corrected chi connectivity index (χ1v) is 35.2. The largest absolute Gasteiger partial charge is 0.477 e. The maximum atomic E-state index is 12.9. The van der Waals surface area contributed by atoms with Crippen LogP contribution in [-0.4, -0.2) is 87.4 Å². The molecule has 0 aromatic carbocycles. The van der Waals surface area contributed by atoms with Crippen molar-refractivity contribution in [3.05, 3.63) is 0 Å². The smallest absolute Gasteiger partial charge is 0.361 e. The molecule has 9 nitrogen and oxygen atoms in total. The number of quaternary nitrogens is 1. The van der Waals surface area contributed by atoms with Gasteiger partial charge in [0, 0.05) is 12.8 Å². The van der Waals surface area contributed by atoms with Crippen molar-refractivity contribution < 1.29 is 42.9 Å². The molecular weight excluding hydrogens is 983 g/mol. The molecule has 0 aromatic heterocycles. The number of hydrogen-bond acceptors (Lipinski definition) is 7. The van der Waals surface area contributed by atoms with E-state index in [9.17, 15) is 19.5 Å². The monoisotopic (exact) mass is 1120 g/mol. The van der Waals surface area contributed by atoms with Crippen molar-refractivity contribution in [1.82, 2.24) is 0 Å². The Hall–Kier alpha value is -1.71. The van der Waals surface area contributed by atoms with Crippen LogP contribution in [0.4, 0.5) is 0 Å². The van der Waals surface area contributed by atoms with Gasteiger partial charge >= 0.3 is 17.9 Å².